The number of nitrogens with zero attached hydrogens (tertiary/aromatic N) is 2. The molecule has 0 bridgehead atoms. The zero-order valence-electron chi connectivity index (χ0n) is 14.2. The molecule has 1 amide bonds. The Morgan fingerprint density at radius 2 is 2.25 bits per heavy atom. The first-order chi connectivity index (χ1) is 11.2. The van der Waals surface area contributed by atoms with Crippen molar-refractivity contribution in [3.8, 4) is 6.07 Å². The molecule has 7 heteroatoms. The summed E-state index contributed by atoms with van der Waals surface area (Å²) in [4.78, 5) is 13.8. The van der Waals surface area contributed by atoms with Gasteiger partial charge in [0, 0.05) is 19.6 Å². The number of halogens is 1. The van der Waals surface area contributed by atoms with Gasteiger partial charge in [0.2, 0.25) is 0 Å². The lowest BCUT2D eigenvalue weighted by atomic mass is 10.1. The molecule has 1 aliphatic rings. The van der Waals surface area contributed by atoms with Crippen LogP contribution in [0.3, 0.4) is 0 Å². The molecule has 1 aromatic rings. The van der Waals surface area contributed by atoms with E-state index in [0.29, 0.717) is 28.7 Å². The number of benzene rings is 1. The largest absolute Gasteiger partial charge is 0.444 e. The molecule has 1 aromatic carbocycles. The van der Waals surface area contributed by atoms with Gasteiger partial charge in [-0.2, -0.15) is 5.26 Å². The van der Waals surface area contributed by atoms with E-state index >= 15 is 0 Å². The van der Waals surface area contributed by atoms with Gasteiger partial charge in [-0.15, -0.1) is 0 Å². The second-order valence-corrected chi connectivity index (χ2v) is 7.34. The van der Waals surface area contributed by atoms with Crippen molar-refractivity contribution in [2.45, 2.75) is 32.8 Å². The summed E-state index contributed by atoms with van der Waals surface area (Å²) in [5.74, 6) is 0.292. The number of hydrogen-bond donors (Lipinski definition) is 2. The van der Waals surface area contributed by atoms with Crippen LogP contribution in [-0.2, 0) is 4.74 Å². The first kappa shape index (κ1) is 18.2. The van der Waals surface area contributed by atoms with Gasteiger partial charge in [0.1, 0.15) is 11.7 Å². The molecular formula is C17H23ClN4O2. The molecule has 0 spiro atoms. The SMILES string of the molecule is CC(C)(C)OC(=O)NCC1CCN(c2ccc(N)c(Cl)c2C#N)C1. The first-order valence-corrected chi connectivity index (χ1v) is 8.29. The van der Waals surface area contributed by atoms with E-state index in [1.54, 1.807) is 6.07 Å². The molecule has 24 heavy (non-hydrogen) atoms. The minimum atomic E-state index is -0.506. The van der Waals surface area contributed by atoms with Gasteiger partial charge in [-0.05, 0) is 45.2 Å². The van der Waals surface area contributed by atoms with Crippen molar-refractivity contribution < 1.29 is 9.53 Å². The third kappa shape index (κ3) is 4.45. The minimum Gasteiger partial charge on any atom is -0.444 e. The summed E-state index contributed by atoms with van der Waals surface area (Å²) in [5, 5.41) is 12.4. The van der Waals surface area contributed by atoms with Crippen LogP contribution in [0, 0.1) is 17.2 Å². The van der Waals surface area contributed by atoms with Gasteiger partial charge in [-0.1, -0.05) is 11.6 Å². The van der Waals surface area contributed by atoms with Gasteiger partial charge >= 0.3 is 6.09 Å². The van der Waals surface area contributed by atoms with Gasteiger partial charge in [-0.25, -0.2) is 4.79 Å². The number of anilines is 2. The molecule has 3 N–H and O–H groups in total. The van der Waals surface area contributed by atoms with E-state index in [4.69, 9.17) is 22.1 Å². The van der Waals surface area contributed by atoms with Crippen LogP contribution < -0.4 is 16.0 Å². The molecule has 0 radical (unpaired) electrons. The number of rotatable bonds is 3. The van der Waals surface area contributed by atoms with Crippen LogP contribution in [0.1, 0.15) is 32.8 Å². The van der Waals surface area contributed by atoms with Crippen molar-refractivity contribution >= 4 is 29.1 Å². The normalized spacial score (nSPS) is 17.5. The molecule has 1 heterocycles. The van der Waals surface area contributed by atoms with Gasteiger partial charge in [-0.3, -0.25) is 0 Å². The summed E-state index contributed by atoms with van der Waals surface area (Å²) in [6, 6.07) is 5.66. The standard InChI is InChI=1S/C17H23ClN4O2/c1-17(2,3)24-16(23)21-9-11-6-7-22(10-11)14-5-4-13(20)15(18)12(14)8-19/h4-5,11H,6-7,9-10,20H2,1-3H3,(H,21,23). The summed E-state index contributed by atoms with van der Waals surface area (Å²) in [6.45, 7) is 7.57. The number of nitriles is 1. The summed E-state index contributed by atoms with van der Waals surface area (Å²) >= 11 is 6.13. The lowest BCUT2D eigenvalue weighted by Gasteiger charge is -2.22. The molecule has 1 aliphatic heterocycles. The Hall–Kier alpha value is -2.13. The topological polar surface area (TPSA) is 91.4 Å². The Labute approximate surface area is 147 Å². The second-order valence-electron chi connectivity index (χ2n) is 6.96. The fourth-order valence-electron chi connectivity index (χ4n) is 2.71. The molecule has 130 valence electrons. The van der Waals surface area contributed by atoms with Crippen molar-refractivity contribution in [2.75, 3.05) is 30.3 Å². The molecular weight excluding hydrogens is 328 g/mol. The van der Waals surface area contributed by atoms with Crippen LogP contribution in [0.4, 0.5) is 16.2 Å². The van der Waals surface area contributed by atoms with E-state index in [2.05, 4.69) is 16.3 Å². The quantitative estimate of drug-likeness (QED) is 0.817. The van der Waals surface area contributed by atoms with E-state index in [9.17, 15) is 10.1 Å². The summed E-state index contributed by atoms with van der Waals surface area (Å²) in [7, 11) is 0. The van der Waals surface area contributed by atoms with Crippen LogP contribution in [0.2, 0.25) is 5.02 Å². The van der Waals surface area contributed by atoms with Crippen LogP contribution in [-0.4, -0.2) is 31.3 Å². The van der Waals surface area contributed by atoms with Crippen molar-refractivity contribution in [2.24, 2.45) is 5.92 Å². The van der Waals surface area contributed by atoms with Crippen LogP contribution in [0.15, 0.2) is 12.1 Å². The molecule has 2 rings (SSSR count). The van der Waals surface area contributed by atoms with Crippen molar-refractivity contribution in [1.29, 1.82) is 5.26 Å². The van der Waals surface area contributed by atoms with E-state index < -0.39 is 11.7 Å². The molecule has 1 atom stereocenters. The third-order valence-electron chi connectivity index (χ3n) is 3.82. The maximum Gasteiger partial charge on any atom is 0.407 e. The monoisotopic (exact) mass is 350 g/mol. The second kappa shape index (κ2) is 7.18. The van der Waals surface area contributed by atoms with E-state index in [1.807, 2.05) is 26.8 Å². The highest BCUT2D eigenvalue weighted by Gasteiger charge is 2.26. The highest BCUT2D eigenvalue weighted by molar-refractivity contribution is 6.34. The number of amides is 1. The van der Waals surface area contributed by atoms with E-state index in [1.165, 1.54) is 0 Å². The van der Waals surface area contributed by atoms with Crippen molar-refractivity contribution in [3.63, 3.8) is 0 Å². The Morgan fingerprint density at radius 3 is 2.88 bits per heavy atom. The van der Waals surface area contributed by atoms with E-state index in [0.717, 1.165) is 25.2 Å². The Kier molecular flexibility index (Phi) is 5.45. The Balaban J connectivity index is 1.96. The number of nitrogens with one attached hydrogen (secondary N) is 1. The lowest BCUT2D eigenvalue weighted by molar-refractivity contribution is 0.0520. The fourth-order valence-corrected chi connectivity index (χ4v) is 2.91. The fraction of sp³-hybridized carbons (Fsp3) is 0.529. The zero-order valence-corrected chi connectivity index (χ0v) is 15.0. The van der Waals surface area contributed by atoms with Gasteiger partial charge in [0.05, 0.1) is 22.0 Å². The molecule has 0 saturated carbocycles. The van der Waals surface area contributed by atoms with Crippen LogP contribution in [0.25, 0.3) is 0 Å². The molecule has 0 aromatic heterocycles. The van der Waals surface area contributed by atoms with Crippen LogP contribution >= 0.6 is 11.6 Å². The maximum atomic E-state index is 11.7. The molecule has 1 saturated heterocycles. The Morgan fingerprint density at radius 1 is 1.54 bits per heavy atom. The van der Waals surface area contributed by atoms with Gasteiger partial charge in [0.15, 0.2) is 0 Å². The Bertz CT molecular complexity index is 664. The third-order valence-corrected chi connectivity index (χ3v) is 4.23. The minimum absolute atomic E-state index is 0.292. The number of carbonyl (C=O) groups excluding carboxylic acids is 1. The van der Waals surface area contributed by atoms with Crippen LogP contribution in [0.5, 0.6) is 0 Å². The molecule has 6 nitrogen and oxygen atoms in total. The van der Waals surface area contributed by atoms with Gasteiger partial charge in [0.25, 0.3) is 0 Å². The lowest BCUT2D eigenvalue weighted by Crippen LogP contribution is -2.36. The number of ether oxygens (including phenoxy) is 1. The first-order valence-electron chi connectivity index (χ1n) is 7.91. The van der Waals surface area contributed by atoms with E-state index in [-0.39, 0.29) is 0 Å². The highest BCUT2D eigenvalue weighted by Crippen LogP contribution is 2.34. The summed E-state index contributed by atoms with van der Waals surface area (Å²) < 4.78 is 5.24. The predicted octanol–water partition coefficient (Wildman–Crippen LogP) is 3.14. The highest BCUT2D eigenvalue weighted by atomic mass is 35.5. The smallest absolute Gasteiger partial charge is 0.407 e. The van der Waals surface area contributed by atoms with Crippen molar-refractivity contribution in [1.82, 2.24) is 5.32 Å². The number of carbonyl (C=O) groups is 1. The predicted molar refractivity (Wildman–Crippen MR) is 95.1 cm³/mol. The average molecular weight is 351 g/mol. The summed E-state index contributed by atoms with van der Waals surface area (Å²) in [5.41, 5.74) is 6.84. The molecule has 1 unspecified atom stereocenters. The average Bonchev–Trinajstić information content (AvgIpc) is 2.94. The van der Waals surface area contributed by atoms with Crippen molar-refractivity contribution in [3.05, 3.63) is 22.7 Å². The maximum absolute atomic E-state index is 11.7. The number of nitrogens with two attached hydrogens (primary N) is 1. The molecule has 1 fully saturated rings. The van der Waals surface area contributed by atoms with Gasteiger partial charge < -0.3 is 20.7 Å². The number of nitrogen functional groups attached to an aromatic ring is 1. The summed E-state index contributed by atoms with van der Waals surface area (Å²) in [6.07, 6.45) is 0.511. The number of alkyl carbamates (subject to hydrolysis) is 1. The zero-order chi connectivity index (χ0) is 17.9. The molecule has 0 aliphatic carbocycles. The number of hydrogen-bond acceptors (Lipinski definition) is 5.